The van der Waals surface area contributed by atoms with E-state index in [2.05, 4.69) is 4.18 Å². The van der Waals surface area contributed by atoms with Gasteiger partial charge in [-0.05, 0) is 20.8 Å². The lowest BCUT2D eigenvalue weighted by Crippen LogP contribution is -2.21. The van der Waals surface area contributed by atoms with Crippen LogP contribution in [0, 0.1) is 0 Å². The minimum absolute atomic E-state index is 0.151. The summed E-state index contributed by atoms with van der Waals surface area (Å²) in [7, 11) is 0. The van der Waals surface area contributed by atoms with Crippen LogP contribution in [-0.2, 0) is 8.92 Å². The molecule has 0 heterocycles. The van der Waals surface area contributed by atoms with Gasteiger partial charge in [0, 0.05) is 0 Å². The molecule has 0 saturated heterocycles. The van der Waals surface area contributed by atoms with E-state index in [0.717, 1.165) is 0 Å². The zero-order valence-electron chi connectivity index (χ0n) is 6.99. The molecule has 0 radical (unpaired) electrons. The fraction of sp³-hybridized carbons (Fsp3) is 0.667. The van der Waals surface area contributed by atoms with Crippen molar-refractivity contribution in [3.63, 3.8) is 0 Å². The molecule has 1 N–H and O–H groups in total. The zero-order chi connectivity index (χ0) is 9.78. The summed E-state index contributed by atoms with van der Waals surface area (Å²) in [5.74, 6) is 0. The van der Waals surface area contributed by atoms with Crippen molar-refractivity contribution in [2.45, 2.75) is 26.4 Å². The Hall–Kier alpha value is -0.910. The molecule has 0 aromatic heterocycles. The summed E-state index contributed by atoms with van der Waals surface area (Å²) in [4.78, 5) is 20.5. The normalized spacial score (nSPS) is 10.6. The number of rotatable bonds is 0. The SMILES string of the molecule is CC(C)(C)OC(=O)SOC(=O)O. The summed E-state index contributed by atoms with van der Waals surface area (Å²) < 4.78 is 8.63. The van der Waals surface area contributed by atoms with E-state index in [1.807, 2.05) is 0 Å². The van der Waals surface area contributed by atoms with Gasteiger partial charge in [-0.2, -0.15) is 0 Å². The summed E-state index contributed by atoms with van der Waals surface area (Å²) in [6, 6.07) is 0. The van der Waals surface area contributed by atoms with Gasteiger partial charge in [0.15, 0.2) is 12.0 Å². The van der Waals surface area contributed by atoms with Gasteiger partial charge in [-0.15, -0.1) is 0 Å². The molecule has 0 spiro atoms. The molecule has 12 heavy (non-hydrogen) atoms. The second kappa shape index (κ2) is 4.20. The third kappa shape index (κ3) is 7.20. The van der Waals surface area contributed by atoms with Gasteiger partial charge in [-0.3, -0.25) is 0 Å². The second-order valence-corrected chi connectivity index (χ2v) is 3.56. The molecule has 6 heteroatoms. The molecule has 5 nitrogen and oxygen atoms in total. The molecular formula is C6H10O5S. The Labute approximate surface area is 74.2 Å². The number of carbonyl (C=O) groups excluding carboxylic acids is 1. The van der Waals surface area contributed by atoms with E-state index >= 15 is 0 Å². The van der Waals surface area contributed by atoms with Crippen LogP contribution >= 0.6 is 12.0 Å². The fourth-order valence-corrected chi connectivity index (χ4v) is 0.760. The minimum atomic E-state index is -1.52. The maximum absolute atomic E-state index is 10.7. The maximum atomic E-state index is 10.7. The van der Waals surface area contributed by atoms with Crippen molar-refractivity contribution in [1.29, 1.82) is 0 Å². The molecule has 0 fully saturated rings. The van der Waals surface area contributed by atoms with Gasteiger partial charge in [0.1, 0.15) is 5.60 Å². The number of hydrogen-bond donors (Lipinski definition) is 1. The Kier molecular flexibility index (Phi) is 3.88. The molecule has 0 aliphatic carbocycles. The molecule has 0 aliphatic heterocycles. The highest BCUT2D eigenvalue weighted by Crippen LogP contribution is 2.15. The van der Waals surface area contributed by atoms with Crippen molar-refractivity contribution >= 4 is 23.5 Å². The molecule has 0 aromatic rings. The molecule has 0 amide bonds. The Morgan fingerprint density at radius 3 is 2.17 bits per heavy atom. The van der Waals surface area contributed by atoms with Gasteiger partial charge < -0.3 is 14.0 Å². The molecule has 0 aromatic carbocycles. The van der Waals surface area contributed by atoms with Crippen LogP contribution in [0.25, 0.3) is 0 Å². The van der Waals surface area contributed by atoms with Crippen molar-refractivity contribution in [3.8, 4) is 0 Å². The lowest BCUT2D eigenvalue weighted by atomic mass is 10.2. The van der Waals surface area contributed by atoms with Gasteiger partial charge >= 0.3 is 11.5 Å². The number of carbonyl (C=O) groups is 2. The van der Waals surface area contributed by atoms with Gasteiger partial charge in [-0.25, -0.2) is 9.59 Å². The second-order valence-electron chi connectivity index (χ2n) is 2.90. The highest BCUT2D eigenvalue weighted by Gasteiger charge is 2.18. The number of carboxylic acid groups (broad SMARTS) is 1. The zero-order valence-corrected chi connectivity index (χ0v) is 7.80. The largest absolute Gasteiger partial charge is 0.518 e. The quantitative estimate of drug-likeness (QED) is 0.471. The van der Waals surface area contributed by atoms with Crippen LogP contribution in [0.1, 0.15) is 20.8 Å². The van der Waals surface area contributed by atoms with Crippen LogP contribution in [0.15, 0.2) is 0 Å². The monoisotopic (exact) mass is 194 g/mol. The van der Waals surface area contributed by atoms with Crippen LogP contribution in [0.4, 0.5) is 9.59 Å². The third-order valence-corrected chi connectivity index (χ3v) is 1.02. The summed E-state index contributed by atoms with van der Waals surface area (Å²) in [6.45, 7) is 5.02. The van der Waals surface area contributed by atoms with E-state index in [1.54, 1.807) is 20.8 Å². The van der Waals surface area contributed by atoms with Gasteiger partial charge in [0.25, 0.3) is 0 Å². The average Bonchev–Trinajstić information content (AvgIpc) is 1.79. The van der Waals surface area contributed by atoms with Crippen LogP contribution < -0.4 is 0 Å². The van der Waals surface area contributed by atoms with Crippen molar-refractivity contribution in [3.05, 3.63) is 0 Å². The molecule has 0 rings (SSSR count). The Bertz CT molecular complexity index is 183. The van der Waals surface area contributed by atoms with E-state index in [0.29, 0.717) is 0 Å². The van der Waals surface area contributed by atoms with Crippen LogP contribution in [-0.4, -0.2) is 22.2 Å². The Morgan fingerprint density at radius 1 is 1.33 bits per heavy atom. The van der Waals surface area contributed by atoms with Gasteiger partial charge in [-0.1, -0.05) is 0 Å². The maximum Gasteiger partial charge on any atom is 0.518 e. The van der Waals surface area contributed by atoms with Crippen molar-refractivity contribution in [1.82, 2.24) is 0 Å². The predicted octanol–water partition coefficient (Wildman–Crippen LogP) is 2.26. The van der Waals surface area contributed by atoms with E-state index in [4.69, 9.17) is 9.84 Å². The summed E-state index contributed by atoms with van der Waals surface area (Å²) in [5, 5.41) is 7.24. The highest BCUT2D eigenvalue weighted by molar-refractivity contribution is 8.09. The molecule has 0 bridgehead atoms. The number of ether oxygens (including phenoxy) is 1. The summed E-state index contributed by atoms with van der Waals surface area (Å²) >= 11 is 0.151. The first kappa shape index (κ1) is 11.1. The van der Waals surface area contributed by atoms with E-state index in [1.165, 1.54) is 0 Å². The molecule has 0 unspecified atom stereocenters. The standard InChI is InChI=1S/C6H10O5S/c1-6(2,3)10-5(9)12-11-4(7)8/h1-3H3,(H,7,8). The highest BCUT2D eigenvalue weighted by atomic mass is 32.2. The molecule has 70 valence electrons. The topological polar surface area (TPSA) is 72.8 Å². The Balaban J connectivity index is 3.68. The smallest absolute Gasteiger partial charge is 0.450 e. The summed E-state index contributed by atoms with van der Waals surface area (Å²) in [6.07, 6.45) is -1.52. The molecular weight excluding hydrogens is 184 g/mol. The summed E-state index contributed by atoms with van der Waals surface area (Å²) in [5.41, 5.74) is -0.633. The lowest BCUT2D eigenvalue weighted by Gasteiger charge is -2.17. The predicted molar refractivity (Wildman–Crippen MR) is 42.9 cm³/mol. The molecule has 0 saturated carbocycles. The van der Waals surface area contributed by atoms with E-state index in [-0.39, 0.29) is 12.0 Å². The van der Waals surface area contributed by atoms with Crippen LogP contribution in [0.3, 0.4) is 0 Å². The van der Waals surface area contributed by atoms with Crippen molar-refractivity contribution in [2.24, 2.45) is 0 Å². The first-order valence-corrected chi connectivity index (χ1v) is 3.86. The third-order valence-electron chi connectivity index (χ3n) is 0.571. The average molecular weight is 194 g/mol. The van der Waals surface area contributed by atoms with Gasteiger partial charge in [0.05, 0.1) is 0 Å². The first-order chi connectivity index (χ1) is 5.31. The van der Waals surface area contributed by atoms with Gasteiger partial charge in [0.2, 0.25) is 0 Å². The lowest BCUT2D eigenvalue weighted by molar-refractivity contribution is 0.0719. The van der Waals surface area contributed by atoms with E-state index in [9.17, 15) is 9.59 Å². The minimum Gasteiger partial charge on any atom is -0.450 e. The Morgan fingerprint density at radius 2 is 1.83 bits per heavy atom. The fourth-order valence-electron chi connectivity index (χ4n) is 0.337. The number of hydrogen-bond acceptors (Lipinski definition) is 5. The molecule has 0 aliphatic rings. The first-order valence-electron chi connectivity index (χ1n) is 3.12. The van der Waals surface area contributed by atoms with Crippen LogP contribution in [0.5, 0.6) is 0 Å². The van der Waals surface area contributed by atoms with Crippen molar-refractivity contribution < 1.29 is 23.6 Å². The van der Waals surface area contributed by atoms with E-state index < -0.39 is 17.1 Å². The van der Waals surface area contributed by atoms with Crippen molar-refractivity contribution in [2.75, 3.05) is 0 Å². The molecule has 0 atom stereocenters. The van der Waals surface area contributed by atoms with Crippen LogP contribution in [0.2, 0.25) is 0 Å².